The number of hydrogen-bond acceptors (Lipinski definition) is 6. The molecule has 3 aromatic carbocycles. The highest BCUT2D eigenvalue weighted by atomic mass is 16.7. The summed E-state index contributed by atoms with van der Waals surface area (Å²) in [6.07, 6.45) is 5.86. The van der Waals surface area contributed by atoms with E-state index in [0.29, 0.717) is 17.2 Å². The number of aryl methyl sites for hydroxylation is 1. The molecule has 0 spiro atoms. The molecule has 7 nitrogen and oxygen atoms in total. The van der Waals surface area contributed by atoms with Gasteiger partial charge in [0.05, 0.1) is 13.5 Å². The molecule has 1 aliphatic heterocycles. The molecule has 1 aliphatic carbocycles. The second kappa shape index (κ2) is 11.1. The Bertz CT molecular complexity index is 1300. The van der Waals surface area contributed by atoms with Crippen molar-refractivity contribution in [2.75, 3.05) is 20.5 Å². The summed E-state index contributed by atoms with van der Waals surface area (Å²) in [5.41, 5.74) is 2.98. The largest absolute Gasteiger partial charge is 0.484 e. The van der Waals surface area contributed by atoms with E-state index in [1.54, 1.807) is 0 Å². The Morgan fingerprint density at radius 3 is 2.51 bits per heavy atom. The summed E-state index contributed by atoms with van der Waals surface area (Å²) in [7, 11) is 1.40. The average molecular weight is 504 g/mol. The van der Waals surface area contributed by atoms with Gasteiger partial charge in [0, 0.05) is 12.0 Å². The summed E-state index contributed by atoms with van der Waals surface area (Å²) in [5, 5.41) is 5.10. The number of methoxy groups -OCH3 is 1. The molecular formula is C30H33NO6. The quantitative estimate of drug-likeness (QED) is 0.415. The standard InChI is InChI=1S/C30H33NO6/c1-19-12-27-28(37-18-36-27)15-25(19)26(16-30(33)34-2)21-9-8-20-10-11-24(14-22(20)13-21)35-17-29(32)31-23-6-4-3-5-7-23/h8-15,23,26H,3-7,16-18H2,1-2H3,(H,31,32). The highest BCUT2D eigenvalue weighted by Crippen LogP contribution is 2.40. The molecule has 0 radical (unpaired) electrons. The Hall–Kier alpha value is -3.74. The molecule has 5 rings (SSSR count). The normalized spacial score (nSPS) is 15.8. The topological polar surface area (TPSA) is 83.1 Å². The number of fused-ring (bicyclic) bond motifs is 2. The zero-order chi connectivity index (χ0) is 25.8. The van der Waals surface area contributed by atoms with Gasteiger partial charge in [-0.05, 0) is 71.5 Å². The van der Waals surface area contributed by atoms with E-state index in [-0.39, 0.29) is 43.7 Å². The van der Waals surface area contributed by atoms with Crippen molar-refractivity contribution < 1.29 is 28.5 Å². The minimum atomic E-state index is -0.289. The minimum absolute atomic E-state index is 0.0109. The molecule has 1 unspecified atom stereocenters. The highest BCUT2D eigenvalue weighted by Gasteiger charge is 2.25. The van der Waals surface area contributed by atoms with E-state index < -0.39 is 0 Å². The van der Waals surface area contributed by atoms with Crippen LogP contribution in [0.4, 0.5) is 0 Å². The lowest BCUT2D eigenvalue weighted by molar-refractivity contribution is -0.140. The van der Waals surface area contributed by atoms with Gasteiger partial charge >= 0.3 is 5.97 Å². The minimum Gasteiger partial charge on any atom is -0.484 e. The van der Waals surface area contributed by atoms with E-state index in [9.17, 15) is 9.59 Å². The van der Waals surface area contributed by atoms with Crippen molar-refractivity contribution in [2.24, 2.45) is 0 Å². The fourth-order valence-electron chi connectivity index (χ4n) is 5.31. The molecule has 0 aromatic heterocycles. The molecule has 1 N–H and O–H groups in total. The van der Waals surface area contributed by atoms with E-state index in [2.05, 4.69) is 11.4 Å². The van der Waals surface area contributed by atoms with Gasteiger partial charge in [-0.2, -0.15) is 0 Å². The molecule has 194 valence electrons. The van der Waals surface area contributed by atoms with Gasteiger partial charge in [-0.1, -0.05) is 43.5 Å². The molecule has 3 aromatic rings. The molecule has 0 bridgehead atoms. The third kappa shape index (κ3) is 5.82. The maximum atomic E-state index is 12.4. The molecule has 1 saturated carbocycles. The van der Waals surface area contributed by atoms with Crippen LogP contribution in [0.5, 0.6) is 17.2 Å². The van der Waals surface area contributed by atoms with Crippen LogP contribution in [0, 0.1) is 6.92 Å². The lowest BCUT2D eigenvalue weighted by Gasteiger charge is -2.22. The summed E-state index contributed by atoms with van der Waals surface area (Å²) in [5.74, 6) is 1.43. The van der Waals surface area contributed by atoms with Crippen LogP contribution in [0.3, 0.4) is 0 Å². The molecule has 1 amide bonds. The fraction of sp³-hybridized carbons (Fsp3) is 0.400. The molecule has 0 saturated heterocycles. The van der Waals surface area contributed by atoms with E-state index in [4.69, 9.17) is 18.9 Å². The molecule has 7 heteroatoms. The number of rotatable bonds is 8. The monoisotopic (exact) mass is 503 g/mol. The van der Waals surface area contributed by atoms with Crippen LogP contribution in [-0.2, 0) is 14.3 Å². The van der Waals surface area contributed by atoms with Gasteiger partial charge in [-0.3, -0.25) is 9.59 Å². The third-order valence-corrected chi connectivity index (χ3v) is 7.31. The third-order valence-electron chi connectivity index (χ3n) is 7.31. The zero-order valence-electron chi connectivity index (χ0n) is 21.4. The Morgan fingerprint density at radius 1 is 0.973 bits per heavy atom. The molecule has 37 heavy (non-hydrogen) atoms. The summed E-state index contributed by atoms with van der Waals surface area (Å²) in [6, 6.07) is 16.1. The summed E-state index contributed by atoms with van der Waals surface area (Å²) >= 11 is 0. The van der Waals surface area contributed by atoms with Crippen LogP contribution in [0.15, 0.2) is 48.5 Å². The van der Waals surface area contributed by atoms with Crippen LogP contribution in [0.25, 0.3) is 10.8 Å². The second-order valence-corrected chi connectivity index (χ2v) is 9.85. The van der Waals surface area contributed by atoms with Crippen molar-refractivity contribution in [1.82, 2.24) is 5.32 Å². The van der Waals surface area contributed by atoms with Gasteiger partial charge in [-0.25, -0.2) is 0 Å². The summed E-state index contributed by atoms with van der Waals surface area (Å²) in [6.45, 7) is 2.19. The zero-order valence-corrected chi connectivity index (χ0v) is 21.4. The summed E-state index contributed by atoms with van der Waals surface area (Å²) in [4.78, 5) is 24.8. The maximum Gasteiger partial charge on any atom is 0.306 e. The molecule has 1 heterocycles. The lowest BCUT2D eigenvalue weighted by Crippen LogP contribution is -2.38. The molecular weight excluding hydrogens is 470 g/mol. The van der Waals surface area contributed by atoms with Gasteiger partial charge in [0.25, 0.3) is 5.91 Å². The van der Waals surface area contributed by atoms with Crippen LogP contribution in [0.1, 0.15) is 61.1 Å². The van der Waals surface area contributed by atoms with Crippen molar-refractivity contribution in [1.29, 1.82) is 0 Å². The number of ether oxygens (including phenoxy) is 4. The second-order valence-electron chi connectivity index (χ2n) is 9.85. The predicted octanol–water partition coefficient (Wildman–Crippen LogP) is 5.40. The Labute approximate surface area is 217 Å². The predicted molar refractivity (Wildman–Crippen MR) is 140 cm³/mol. The average Bonchev–Trinajstić information content (AvgIpc) is 3.37. The first-order valence-electron chi connectivity index (χ1n) is 12.9. The SMILES string of the molecule is COC(=O)CC(c1ccc2ccc(OCC(=O)NC3CCCCC3)cc2c1)c1cc2c(cc1C)OCO2. The number of esters is 1. The van der Waals surface area contributed by atoms with Gasteiger partial charge < -0.3 is 24.3 Å². The van der Waals surface area contributed by atoms with Crippen molar-refractivity contribution in [2.45, 2.75) is 57.4 Å². The highest BCUT2D eigenvalue weighted by molar-refractivity contribution is 5.85. The number of carbonyl (C=O) groups is 2. The number of benzene rings is 3. The summed E-state index contributed by atoms with van der Waals surface area (Å²) < 4.78 is 22.0. The van der Waals surface area contributed by atoms with Gasteiger partial charge in [0.1, 0.15) is 5.75 Å². The van der Waals surface area contributed by atoms with Crippen LogP contribution in [-0.4, -0.2) is 38.4 Å². The first-order chi connectivity index (χ1) is 18.0. The van der Waals surface area contributed by atoms with Crippen molar-refractivity contribution in [3.8, 4) is 17.2 Å². The van der Waals surface area contributed by atoms with E-state index in [1.165, 1.54) is 26.4 Å². The van der Waals surface area contributed by atoms with Gasteiger partial charge in [0.15, 0.2) is 18.1 Å². The van der Waals surface area contributed by atoms with Crippen LogP contribution < -0.4 is 19.5 Å². The number of hydrogen-bond donors (Lipinski definition) is 1. The Kier molecular flexibility index (Phi) is 7.49. The Morgan fingerprint density at radius 2 is 1.73 bits per heavy atom. The smallest absolute Gasteiger partial charge is 0.306 e. The lowest BCUT2D eigenvalue weighted by atomic mass is 9.85. The van der Waals surface area contributed by atoms with Gasteiger partial charge in [-0.15, -0.1) is 0 Å². The molecule has 2 aliphatic rings. The first-order valence-corrected chi connectivity index (χ1v) is 12.9. The Balaban J connectivity index is 1.37. The van der Waals surface area contributed by atoms with Crippen LogP contribution in [0.2, 0.25) is 0 Å². The van der Waals surface area contributed by atoms with Gasteiger partial charge in [0.2, 0.25) is 6.79 Å². The molecule has 1 fully saturated rings. The van der Waals surface area contributed by atoms with Crippen molar-refractivity contribution in [3.63, 3.8) is 0 Å². The maximum absolute atomic E-state index is 12.4. The number of carbonyl (C=O) groups excluding carboxylic acids is 2. The van der Waals surface area contributed by atoms with E-state index >= 15 is 0 Å². The van der Waals surface area contributed by atoms with E-state index in [0.717, 1.165) is 40.3 Å². The van der Waals surface area contributed by atoms with E-state index in [1.807, 2.05) is 49.4 Å². The first kappa shape index (κ1) is 24.9. The fourth-order valence-corrected chi connectivity index (χ4v) is 5.31. The van der Waals surface area contributed by atoms with Crippen molar-refractivity contribution >= 4 is 22.6 Å². The number of amides is 1. The molecule has 1 atom stereocenters. The van der Waals surface area contributed by atoms with Crippen molar-refractivity contribution in [3.05, 3.63) is 65.2 Å². The number of nitrogens with one attached hydrogen (secondary N) is 1. The van der Waals surface area contributed by atoms with Crippen LogP contribution >= 0.6 is 0 Å².